The minimum atomic E-state index is -3.69. The summed E-state index contributed by atoms with van der Waals surface area (Å²) >= 11 is 10.5. The molecule has 0 saturated carbocycles. The standard InChI is InChI=1S/C12H13Cl2N2O5P.Os/c13-22(14,19)20-7-11-10(17)4-9(21-11)6-16-3-1-2-8(5-16)12(15)18;/h1-6,10-11,17H,7H2,(H2,15,18);/q;+1/t10-,11+;/m0./s1. The molecule has 0 aliphatic carbocycles. The van der Waals surface area contributed by atoms with E-state index in [4.69, 9.17) is 37.5 Å². The van der Waals surface area contributed by atoms with Crippen LogP contribution in [0.5, 0.6) is 0 Å². The summed E-state index contributed by atoms with van der Waals surface area (Å²) in [6.07, 6.45) is 0.716. The van der Waals surface area contributed by atoms with Crippen molar-refractivity contribution in [3.05, 3.63) is 42.3 Å². The Morgan fingerprint density at radius 3 is 2.91 bits per heavy atom. The first-order valence-corrected chi connectivity index (χ1v) is 9.54. The van der Waals surface area contributed by atoms with Crippen LogP contribution in [0.2, 0.25) is 0 Å². The number of pyridine rings is 1. The van der Waals surface area contributed by atoms with Crippen molar-refractivity contribution < 1.29 is 48.1 Å². The van der Waals surface area contributed by atoms with E-state index < -0.39 is 24.2 Å². The molecule has 2 heterocycles. The van der Waals surface area contributed by atoms with Gasteiger partial charge < -0.3 is 20.1 Å². The van der Waals surface area contributed by atoms with Gasteiger partial charge in [0, 0.05) is 11.8 Å². The second kappa shape index (κ2) is 8.48. The van der Waals surface area contributed by atoms with Crippen LogP contribution < -0.4 is 10.3 Å². The van der Waals surface area contributed by atoms with Crippen LogP contribution in [0, 0.1) is 6.42 Å². The van der Waals surface area contributed by atoms with E-state index in [0.717, 1.165) is 0 Å². The van der Waals surface area contributed by atoms with Crippen LogP contribution in [-0.2, 0) is 33.6 Å². The molecular weight excluding hydrogens is 544 g/mol. The van der Waals surface area contributed by atoms with Crippen LogP contribution in [0.1, 0.15) is 10.4 Å². The average Bonchev–Trinajstić information content (AvgIpc) is 2.76. The molecule has 0 spiro atoms. The Hall–Kier alpha value is -0.604. The van der Waals surface area contributed by atoms with Crippen molar-refractivity contribution in [2.24, 2.45) is 5.73 Å². The van der Waals surface area contributed by atoms with Gasteiger partial charge in [-0.2, -0.15) is 6.42 Å². The number of nitrogens with zero attached hydrogens (tertiary/aromatic N) is 1. The number of rotatable bonds is 5. The van der Waals surface area contributed by atoms with Gasteiger partial charge in [-0.05, 0) is 28.5 Å². The number of aromatic nitrogens is 1. The molecule has 1 aliphatic rings. The van der Waals surface area contributed by atoms with Gasteiger partial charge in [0.15, 0.2) is 12.4 Å². The van der Waals surface area contributed by atoms with E-state index in [9.17, 15) is 14.5 Å². The first-order valence-electron chi connectivity index (χ1n) is 6.10. The zero-order valence-electron chi connectivity index (χ0n) is 11.5. The molecule has 1 aromatic heterocycles. The van der Waals surface area contributed by atoms with Crippen molar-refractivity contribution in [1.82, 2.24) is 0 Å². The third-order valence-corrected chi connectivity index (χ3v) is 3.81. The van der Waals surface area contributed by atoms with Crippen molar-refractivity contribution in [2.75, 3.05) is 6.61 Å². The number of halogens is 2. The van der Waals surface area contributed by atoms with E-state index in [1.165, 1.54) is 18.8 Å². The number of carbonyl (C=O) groups is 1. The summed E-state index contributed by atoms with van der Waals surface area (Å²) < 4.78 is 22.7. The number of aliphatic hydroxyl groups is 1. The summed E-state index contributed by atoms with van der Waals surface area (Å²) in [5, 5.41) is 9.82. The van der Waals surface area contributed by atoms with Gasteiger partial charge in [0.25, 0.3) is 5.91 Å². The Labute approximate surface area is 155 Å². The molecule has 3 N–H and O–H groups in total. The number of amides is 1. The zero-order valence-corrected chi connectivity index (χ0v) is 16.4. The molecular formula is C12H13Cl2N2O5OsP+. The molecule has 11 heteroatoms. The number of hydrogen-bond acceptors (Lipinski definition) is 5. The normalized spacial score (nSPS) is 22.1. The van der Waals surface area contributed by atoms with E-state index in [2.05, 4.69) is 0 Å². The van der Waals surface area contributed by atoms with Crippen molar-refractivity contribution in [3.63, 3.8) is 0 Å². The summed E-state index contributed by atoms with van der Waals surface area (Å²) in [5.74, 6) is -0.220. The van der Waals surface area contributed by atoms with E-state index in [-0.39, 0.29) is 26.4 Å². The minimum absolute atomic E-state index is 0. The monoisotopic (exact) mass is 558 g/mol. The molecule has 2 atom stereocenters. The van der Waals surface area contributed by atoms with Crippen LogP contribution in [-0.4, -0.2) is 29.8 Å². The van der Waals surface area contributed by atoms with Crippen molar-refractivity contribution >= 4 is 40.7 Å². The van der Waals surface area contributed by atoms with Gasteiger partial charge in [0.2, 0.25) is 0 Å². The summed E-state index contributed by atoms with van der Waals surface area (Å²) in [4.78, 5) is 11.1. The fourth-order valence-electron chi connectivity index (χ4n) is 1.79. The molecule has 127 valence electrons. The fraction of sp³-hybridized carbons (Fsp3) is 0.250. The maximum atomic E-state index is 11.1. The molecule has 1 amide bonds. The molecule has 2 rings (SSSR count). The Morgan fingerprint density at radius 1 is 1.61 bits per heavy atom. The van der Waals surface area contributed by atoms with Crippen LogP contribution in [0.3, 0.4) is 0 Å². The SMILES string of the molecule is NC(=O)c1ccc[n+](C=C2[CH-][C@H](O)[C@@H](COP(=O)(Cl)Cl)O2)c1.[Os+]. The molecule has 1 aliphatic heterocycles. The molecule has 23 heavy (non-hydrogen) atoms. The largest absolute Gasteiger partial charge is 1.00 e. The van der Waals surface area contributed by atoms with Crippen molar-refractivity contribution in [1.29, 1.82) is 0 Å². The van der Waals surface area contributed by atoms with Crippen LogP contribution in [0.15, 0.2) is 30.3 Å². The number of ether oxygens (including phenoxy) is 1. The van der Waals surface area contributed by atoms with Gasteiger partial charge in [0.1, 0.15) is 11.7 Å². The fourth-order valence-corrected chi connectivity index (χ4v) is 2.45. The number of aliphatic hydroxyl groups excluding tert-OH is 1. The first-order chi connectivity index (χ1) is 10.2. The molecule has 0 bridgehead atoms. The van der Waals surface area contributed by atoms with Crippen molar-refractivity contribution in [2.45, 2.75) is 12.2 Å². The molecule has 0 unspecified atom stereocenters. The van der Waals surface area contributed by atoms with Gasteiger partial charge >= 0.3 is 25.9 Å². The zero-order chi connectivity index (χ0) is 16.3. The van der Waals surface area contributed by atoms with Crippen LogP contribution >= 0.6 is 28.6 Å². The van der Waals surface area contributed by atoms with E-state index in [1.807, 2.05) is 0 Å². The molecule has 1 radical (unpaired) electrons. The van der Waals surface area contributed by atoms with E-state index >= 15 is 0 Å². The summed E-state index contributed by atoms with van der Waals surface area (Å²) in [7, 11) is 0. The summed E-state index contributed by atoms with van der Waals surface area (Å²) in [6, 6.07) is 3.21. The average molecular weight is 557 g/mol. The van der Waals surface area contributed by atoms with E-state index in [1.54, 1.807) is 22.9 Å². The minimum Gasteiger partial charge on any atom is -0.518 e. The van der Waals surface area contributed by atoms with Crippen LogP contribution in [0.25, 0.3) is 6.20 Å². The second-order valence-electron chi connectivity index (χ2n) is 4.46. The quantitative estimate of drug-likeness (QED) is 0.324. The smallest absolute Gasteiger partial charge is 0.518 e. The second-order valence-corrected chi connectivity index (χ2v) is 8.74. The third-order valence-electron chi connectivity index (χ3n) is 2.78. The summed E-state index contributed by atoms with van der Waals surface area (Å²) in [5.41, 5.74) is 5.52. The van der Waals surface area contributed by atoms with Crippen molar-refractivity contribution in [3.8, 4) is 0 Å². The number of carbonyl (C=O) groups excluding carboxylic acids is 1. The van der Waals surface area contributed by atoms with Gasteiger partial charge in [-0.15, -0.1) is 0 Å². The van der Waals surface area contributed by atoms with Gasteiger partial charge in [-0.3, -0.25) is 13.9 Å². The van der Waals surface area contributed by atoms with Gasteiger partial charge in [-0.25, -0.2) is 0 Å². The Morgan fingerprint density at radius 2 is 2.30 bits per heavy atom. The number of primary amides is 1. The Bertz CT molecular complexity index is 654. The molecule has 1 aromatic rings. The maximum Gasteiger partial charge on any atom is 1.00 e. The Kier molecular flexibility index (Phi) is 7.54. The topological polar surface area (TPSA) is 103 Å². The molecule has 1 fully saturated rings. The molecule has 7 nitrogen and oxygen atoms in total. The third kappa shape index (κ3) is 6.42. The molecule has 1 saturated heterocycles. The maximum absolute atomic E-state index is 11.1. The first kappa shape index (κ1) is 20.4. The van der Waals surface area contributed by atoms with Crippen LogP contribution in [0.4, 0.5) is 0 Å². The van der Waals surface area contributed by atoms with E-state index in [0.29, 0.717) is 11.3 Å². The number of nitrogens with two attached hydrogens (primary N) is 1. The predicted octanol–water partition coefficient (Wildman–Crippen LogP) is 1.44. The predicted molar refractivity (Wildman–Crippen MR) is 79.9 cm³/mol. The van der Waals surface area contributed by atoms with Gasteiger partial charge in [-0.1, -0.05) is 0 Å². The summed E-state index contributed by atoms with van der Waals surface area (Å²) in [6.45, 7) is -0.231. The van der Waals surface area contributed by atoms with Gasteiger partial charge in [0.05, 0.1) is 18.9 Å². The number of hydrogen-bond donors (Lipinski definition) is 2. The Balaban J connectivity index is 0.00000264. The molecule has 0 aromatic carbocycles.